The van der Waals surface area contributed by atoms with Gasteiger partial charge in [-0.2, -0.15) is 0 Å². The average molecular weight is 310 g/mol. The fraction of sp³-hybridized carbons (Fsp3) is 0.0556. The van der Waals surface area contributed by atoms with E-state index in [1.165, 1.54) is 25.3 Å². The third-order valence-electron chi connectivity index (χ3n) is 3.15. The normalized spacial score (nSPS) is 10.9. The molecular formula is C18H14O5. The van der Waals surface area contributed by atoms with Crippen LogP contribution in [-0.4, -0.2) is 29.8 Å². The first-order chi connectivity index (χ1) is 11.0. The van der Waals surface area contributed by atoms with Gasteiger partial charge in [0.1, 0.15) is 5.75 Å². The first-order valence-corrected chi connectivity index (χ1v) is 6.76. The van der Waals surface area contributed by atoms with Crippen molar-refractivity contribution in [2.75, 3.05) is 7.11 Å². The van der Waals surface area contributed by atoms with Crippen LogP contribution in [0.25, 0.3) is 6.08 Å². The molecule has 0 bridgehead atoms. The lowest BCUT2D eigenvalue weighted by Crippen LogP contribution is -2.21. The Hall–Kier alpha value is -3.21. The molecule has 23 heavy (non-hydrogen) atoms. The standard InChI is InChI=1S/C18H14O5/c1-23-14-9-7-13(8-10-14)16(19)15(17(20)18(21)22)11-12-5-3-2-4-6-12/h2-11H,1H3,(H,21,22)/b15-11-. The molecule has 0 atom stereocenters. The summed E-state index contributed by atoms with van der Waals surface area (Å²) < 4.78 is 5.00. The van der Waals surface area contributed by atoms with Crippen LogP contribution in [0.2, 0.25) is 0 Å². The molecule has 0 saturated carbocycles. The van der Waals surface area contributed by atoms with E-state index in [1.54, 1.807) is 42.5 Å². The number of carbonyl (C=O) groups is 3. The molecule has 0 radical (unpaired) electrons. The Balaban J connectivity index is 2.44. The smallest absolute Gasteiger partial charge is 0.377 e. The van der Waals surface area contributed by atoms with Crippen molar-refractivity contribution in [2.24, 2.45) is 0 Å². The monoisotopic (exact) mass is 310 g/mol. The minimum absolute atomic E-state index is 0.211. The lowest BCUT2D eigenvalue weighted by atomic mass is 9.97. The van der Waals surface area contributed by atoms with E-state index in [4.69, 9.17) is 9.84 Å². The fourth-order valence-electron chi connectivity index (χ4n) is 1.96. The molecule has 0 aromatic heterocycles. The second-order valence-electron chi connectivity index (χ2n) is 4.66. The van der Waals surface area contributed by atoms with Gasteiger partial charge in [-0.25, -0.2) is 4.79 Å². The van der Waals surface area contributed by atoms with Crippen molar-refractivity contribution < 1.29 is 24.2 Å². The maximum atomic E-state index is 12.5. The van der Waals surface area contributed by atoms with Crippen LogP contribution in [0.4, 0.5) is 0 Å². The van der Waals surface area contributed by atoms with Gasteiger partial charge in [-0.3, -0.25) is 9.59 Å². The van der Waals surface area contributed by atoms with E-state index in [0.29, 0.717) is 11.3 Å². The number of rotatable bonds is 6. The minimum Gasteiger partial charge on any atom is -0.497 e. The van der Waals surface area contributed by atoms with Crippen LogP contribution < -0.4 is 4.74 Å². The van der Waals surface area contributed by atoms with Gasteiger partial charge in [0.05, 0.1) is 12.7 Å². The SMILES string of the molecule is COc1ccc(C(=O)/C(=C/c2ccccc2)C(=O)C(=O)O)cc1. The van der Waals surface area contributed by atoms with Crippen LogP contribution in [0.5, 0.6) is 5.75 Å². The molecule has 0 unspecified atom stereocenters. The Kier molecular flexibility index (Phi) is 5.04. The number of carbonyl (C=O) groups excluding carboxylic acids is 2. The summed E-state index contributed by atoms with van der Waals surface area (Å²) in [6.45, 7) is 0. The molecule has 0 aliphatic carbocycles. The molecule has 2 aromatic rings. The third kappa shape index (κ3) is 3.91. The summed E-state index contributed by atoms with van der Waals surface area (Å²) in [6.07, 6.45) is 1.28. The van der Waals surface area contributed by atoms with Gasteiger partial charge in [-0.1, -0.05) is 30.3 Å². The summed E-state index contributed by atoms with van der Waals surface area (Å²) >= 11 is 0. The molecule has 116 valence electrons. The number of hydrogen-bond donors (Lipinski definition) is 1. The van der Waals surface area contributed by atoms with Crippen LogP contribution in [0.3, 0.4) is 0 Å². The highest BCUT2D eigenvalue weighted by Crippen LogP contribution is 2.17. The Bertz CT molecular complexity index is 758. The Morgan fingerprint density at radius 1 is 0.957 bits per heavy atom. The van der Waals surface area contributed by atoms with Gasteiger partial charge >= 0.3 is 5.97 Å². The highest BCUT2D eigenvalue weighted by Gasteiger charge is 2.25. The maximum absolute atomic E-state index is 12.5. The van der Waals surface area contributed by atoms with Gasteiger partial charge in [0.25, 0.3) is 5.78 Å². The zero-order valence-electron chi connectivity index (χ0n) is 12.4. The van der Waals surface area contributed by atoms with Crippen molar-refractivity contribution in [1.82, 2.24) is 0 Å². The van der Waals surface area contributed by atoms with Crippen molar-refractivity contribution in [1.29, 1.82) is 0 Å². The molecule has 0 heterocycles. The predicted octanol–water partition coefficient (Wildman–Crippen LogP) is 2.62. The van der Waals surface area contributed by atoms with Gasteiger partial charge in [0.2, 0.25) is 0 Å². The van der Waals surface area contributed by atoms with Crippen molar-refractivity contribution in [2.45, 2.75) is 0 Å². The van der Waals surface area contributed by atoms with Crippen LogP contribution in [0, 0.1) is 0 Å². The molecule has 0 aliphatic heterocycles. The van der Waals surface area contributed by atoms with Crippen LogP contribution in [-0.2, 0) is 9.59 Å². The highest BCUT2D eigenvalue weighted by atomic mass is 16.5. The number of carboxylic acids is 1. The average Bonchev–Trinajstić information content (AvgIpc) is 2.59. The van der Waals surface area contributed by atoms with Gasteiger partial charge in [0.15, 0.2) is 5.78 Å². The topological polar surface area (TPSA) is 80.7 Å². The quantitative estimate of drug-likeness (QED) is 0.292. The largest absolute Gasteiger partial charge is 0.497 e. The molecule has 1 N–H and O–H groups in total. The molecule has 0 spiro atoms. The van der Waals surface area contributed by atoms with E-state index in [2.05, 4.69) is 0 Å². The van der Waals surface area contributed by atoms with Crippen LogP contribution in [0.1, 0.15) is 15.9 Å². The summed E-state index contributed by atoms with van der Waals surface area (Å²) in [5, 5.41) is 8.95. The van der Waals surface area contributed by atoms with Crippen LogP contribution in [0.15, 0.2) is 60.2 Å². The van der Waals surface area contributed by atoms with E-state index in [1.807, 2.05) is 0 Å². The second kappa shape index (κ2) is 7.17. The van der Waals surface area contributed by atoms with Crippen molar-refractivity contribution in [3.8, 4) is 5.75 Å². The lowest BCUT2D eigenvalue weighted by Gasteiger charge is -2.05. The molecule has 0 amide bonds. The Morgan fingerprint density at radius 2 is 1.57 bits per heavy atom. The minimum atomic E-state index is -1.67. The zero-order chi connectivity index (χ0) is 16.8. The van der Waals surface area contributed by atoms with E-state index >= 15 is 0 Å². The predicted molar refractivity (Wildman–Crippen MR) is 84.4 cm³/mol. The summed E-state index contributed by atoms with van der Waals surface area (Å²) in [6, 6.07) is 14.7. The number of methoxy groups -OCH3 is 1. The third-order valence-corrected chi connectivity index (χ3v) is 3.15. The van der Waals surface area contributed by atoms with Crippen LogP contribution >= 0.6 is 0 Å². The number of carboxylic acid groups (broad SMARTS) is 1. The van der Waals surface area contributed by atoms with Gasteiger partial charge in [0, 0.05) is 5.56 Å². The van der Waals surface area contributed by atoms with Gasteiger partial charge in [-0.05, 0) is 35.9 Å². The summed E-state index contributed by atoms with van der Waals surface area (Å²) in [7, 11) is 1.49. The molecule has 2 aromatic carbocycles. The lowest BCUT2D eigenvalue weighted by molar-refractivity contribution is -0.147. The summed E-state index contributed by atoms with van der Waals surface area (Å²) in [5.74, 6) is -3.01. The molecule has 0 saturated heterocycles. The molecule has 0 aliphatic rings. The zero-order valence-corrected chi connectivity index (χ0v) is 12.4. The summed E-state index contributed by atoms with van der Waals surface area (Å²) in [5.41, 5.74) is 0.385. The summed E-state index contributed by atoms with van der Waals surface area (Å²) in [4.78, 5) is 35.4. The highest BCUT2D eigenvalue weighted by molar-refractivity contribution is 6.49. The first-order valence-electron chi connectivity index (χ1n) is 6.76. The molecule has 2 rings (SSSR count). The number of hydrogen-bond acceptors (Lipinski definition) is 4. The number of Topliss-reactive ketones (excluding diaryl/α,β-unsaturated/α-hetero) is 2. The number of ketones is 2. The van der Waals surface area contributed by atoms with E-state index in [0.717, 1.165) is 0 Å². The van der Waals surface area contributed by atoms with E-state index in [9.17, 15) is 14.4 Å². The number of ether oxygens (including phenoxy) is 1. The van der Waals surface area contributed by atoms with E-state index in [-0.39, 0.29) is 5.56 Å². The maximum Gasteiger partial charge on any atom is 0.377 e. The second-order valence-corrected chi connectivity index (χ2v) is 4.66. The first kappa shape index (κ1) is 16.2. The van der Waals surface area contributed by atoms with Gasteiger partial charge in [-0.15, -0.1) is 0 Å². The molecule has 5 nitrogen and oxygen atoms in total. The number of benzene rings is 2. The molecular weight excluding hydrogens is 296 g/mol. The van der Waals surface area contributed by atoms with Gasteiger partial charge < -0.3 is 9.84 Å². The molecule has 0 fully saturated rings. The Morgan fingerprint density at radius 3 is 2.09 bits per heavy atom. The Labute approximate surface area is 132 Å². The molecule has 5 heteroatoms. The number of aliphatic carboxylic acids is 1. The fourth-order valence-corrected chi connectivity index (χ4v) is 1.96. The van der Waals surface area contributed by atoms with Crippen molar-refractivity contribution in [3.63, 3.8) is 0 Å². The van der Waals surface area contributed by atoms with E-state index < -0.39 is 23.1 Å². The van der Waals surface area contributed by atoms with Crippen molar-refractivity contribution >= 4 is 23.6 Å². The van der Waals surface area contributed by atoms with Crippen molar-refractivity contribution in [3.05, 3.63) is 71.3 Å².